The van der Waals surface area contributed by atoms with Gasteiger partial charge < -0.3 is 9.64 Å². The molecule has 0 atom stereocenters. The van der Waals surface area contributed by atoms with Crippen LogP contribution in [0.4, 0.5) is 5.13 Å². The molecule has 0 radical (unpaired) electrons. The van der Waals surface area contributed by atoms with Crippen molar-refractivity contribution in [2.24, 2.45) is 0 Å². The molecule has 2 aromatic rings. The number of anilines is 1. The number of aldehydes is 1. The van der Waals surface area contributed by atoms with Crippen LogP contribution in [0, 0.1) is 0 Å². The van der Waals surface area contributed by atoms with E-state index in [0.29, 0.717) is 11.5 Å². The molecule has 1 heterocycles. The van der Waals surface area contributed by atoms with Crippen LogP contribution in [0.2, 0.25) is 0 Å². The van der Waals surface area contributed by atoms with E-state index in [1.54, 1.807) is 0 Å². The van der Waals surface area contributed by atoms with Gasteiger partial charge in [-0.25, -0.2) is 4.98 Å². The average molecular weight is 375 g/mol. The molecule has 142 valence electrons. The van der Waals surface area contributed by atoms with Crippen molar-refractivity contribution >= 4 is 22.8 Å². The summed E-state index contributed by atoms with van der Waals surface area (Å²) in [6.07, 6.45) is 6.49. The molecule has 0 unspecified atom stereocenters. The predicted octanol–water partition coefficient (Wildman–Crippen LogP) is 5.82. The quantitative estimate of drug-likeness (QED) is 0.439. The number of benzene rings is 1. The number of thiazole rings is 1. The molecular weight excluding hydrogens is 344 g/mol. The summed E-state index contributed by atoms with van der Waals surface area (Å²) >= 11 is 1.50. The summed E-state index contributed by atoms with van der Waals surface area (Å²) < 4.78 is 5.64. The molecule has 1 aromatic carbocycles. The molecule has 4 nitrogen and oxygen atoms in total. The molecule has 5 heteroatoms. The second kappa shape index (κ2) is 11.0. The molecule has 1 aromatic heterocycles. The first-order chi connectivity index (χ1) is 12.7. The third-order valence-electron chi connectivity index (χ3n) is 4.18. The lowest BCUT2D eigenvalue weighted by Crippen LogP contribution is -2.25. The van der Waals surface area contributed by atoms with E-state index in [1.165, 1.54) is 11.3 Å². The number of nitrogens with zero attached hydrogens (tertiary/aromatic N) is 2. The van der Waals surface area contributed by atoms with Gasteiger partial charge in [0.2, 0.25) is 0 Å². The Morgan fingerprint density at radius 1 is 1.04 bits per heavy atom. The lowest BCUT2D eigenvalue weighted by atomic mass is 10.1. The summed E-state index contributed by atoms with van der Waals surface area (Å²) in [5.41, 5.74) is 1.74. The number of carbonyl (C=O) groups is 1. The molecule has 0 aliphatic heterocycles. The van der Waals surface area contributed by atoms with Crippen molar-refractivity contribution in [2.45, 2.75) is 52.9 Å². The third-order valence-corrected chi connectivity index (χ3v) is 5.22. The first kappa shape index (κ1) is 20.4. The minimum Gasteiger partial charge on any atom is -0.494 e. The molecule has 0 N–H and O–H groups in total. The largest absolute Gasteiger partial charge is 0.494 e. The van der Waals surface area contributed by atoms with Crippen molar-refractivity contribution in [2.75, 3.05) is 24.6 Å². The van der Waals surface area contributed by atoms with Crippen LogP contribution in [-0.4, -0.2) is 31.0 Å². The summed E-state index contributed by atoms with van der Waals surface area (Å²) in [7, 11) is 0. The summed E-state index contributed by atoms with van der Waals surface area (Å²) in [6, 6.07) is 7.87. The van der Waals surface area contributed by atoms with Crippen LogP contribution < -0.4 is 9.64 Å². The molecule has 0 aliphatic rings. The molecule has 0 saturated carbocycles. The first-order valence-electron chi connectivity index (χ1n) is 9.67. The summed E-state index contributed by atoms with van der Waals surface area (Å²) in [4.78, 5) is 19.4. The zero-order valence-corrected chi connectivity index (χ0v) is 17.0. The van der Waals surface area contributed by atoms with Crippen molar-refractivity contribution < 1.29 is 9.53 Å². The van der Waals surface area contributed by atoms with Gasteiger partial charge in [-0.3, -0.25) is 4.79 Å². The Labute approximate surface area is 161 Å². The van der Waals surface area contributed by atoms with Gasteiger partial charge in [-0.1, -0.05) is 44.9 Å². The Morgan fingerprint density at radius 2 is 1.69 bits per heavy atom. The van der Waals surface area contributed by atoms with E-state index in [1.807, 2.05) is 24.3 Å². The van der Waals surface area contributed by atoms with Crippen LogP contribution in [0.3, 0.4) is 0 Å². The Morgan fingerprint density at radius 3 is 2.23 bits per heavy atom. The van der Waals surface area contributed by atoms with Gasteiger partial charge in [-0.15, -0.1) is 0 Å². The van der Waals surface area contributed by atoms with Crippen molar-refractivity contribution in [3.63, 3.8) is 0 Å². The van der Waals surface area contributed by atoms with E-state index >= 15 is 0 Å². The van der Waals surface area contributed by atoms with Gasteiger partial charge in [-0.05, 0) is 43.5 Å². The van der Waals surface area contributed by atoms with Gasteiger partial charge in [0.25, 0.3) is 0 Å². The topological polar surface area (TPSA) is 42.4 Å². The molecule has 26 heavy (non-hydrogen) atoms. The van der Waals surface area contributed by atoms with E-state index in [-0.39, 0.29) is 0 Å². The fourth-order valence-corrected chi connectivity index (χ4v) is 3.63. The number of unbranched alkanes of at least 4 members (excludes halogenated alkanes) is 2. The van der Waals surface area contributed by atoms with E-state index in [0.717, 1.165) is 73.6 Å². The van der Waals surface area contributed by atoms with Crippen LogP contribution in [0.1, 0.15) is 62.5 Å². The summed E-state index contributed by atoms with van der Waals surface area (Å²) in [5.74, 6) is 0.853. The highest BCUT2D eigenvalue weighted by Crippen LogP contribution is 2.33. The lowest BCUT2D eigenvalue weighted by molar-refractivity contribution is 0.112. The van der Waals surface area contributed by atoms with Crippen LogP contribution in [0.15, 0.2) is 24.3 Å². The fourth-order valence-electron chi connectivity index (χ4n) is 2.67. The summed E-state index contributed by atoms with van der Waals surface area (Å²) in [6.45, 7) is 9.18. The van der Waals surface area contributed by atoms with Crippen molar-refractivity contribution in [3.8, 4) is 17.0 Å². The zero-order chi connectivity index (χ0) is 18.8. The number of aromatic nitrogens is 1. The Hall–Kier alpha value is -1.88. The maximum Gasteiger partial charge on any atom is 0.186 e. The minimum absolute atomic E-state index is 0.695. The minimum atomic E-state index is 0.695. The third kappa shape index (κ3) is 5.56. The molecule has 0 fully saturated rings. The summed E-state index contributed by atoms with van der Waals surface area (Å²) in [5, 5.41) is 0.954. The maximum atomic E-state index is 11.6. The second-order valence-electron chi connectivity index (χ2n) is 6.39. The monoisotopic (exact) mass is 374 g/mol. The van der Waals surface area contributed by atoms with Gasteiger partial charge in [0.15, 0.2) is 11.4 Å². The Kier molecular flexibility index (Phi) is 8.62. The second-order valence-corrected chi connectivity index (χ2v) is 7.40. The first-order valence-corrected chi connectivity index (χ1v) is 10.5. The highest BCUT2D eigenvalue weighted by atomic mass is 32.1. The Balaban J connectivity index is 2.24. The van der Waals surface area contributed by atoms with Crippen molar-refractivity contribution in [3.05, 3.63) is 29.1 Å². The molecular formula is C21H30N2O2S. The number of hydrogen-bond acceptors (Lipinski definition) is 5. The maximum absolute atomic E-state index is 11.6. The molecule has 0 aliphatic carbocycles. The molecule has 0 amide bonds. The van der Waals surface area contributed by atoms with Gasteiger partial charge in [0.05, 0.1) is 17.2 Å². The normalized spacial score (nSPS) is 10.7. The predicted molar refractivity (Wildman–Crippen MR) is 111 cm³/mol. The zero-order valence-electron chi connectivity index (χ0n) is 16.2. The van der Waals surface area contributed by atoms with Crippen LogP contribution in [-0.2, 0) is 0 Å². The van der Waals surface area contributed by atoms with Crippen LogP contribution in [0.25, 0.3) is 11.3 Å². The van der Waals surface area contributed by atoms with Gasteiger partial charge in [0, 0.05) is 18.7 Å². The number of hydrogen-bond donors (Lipinski definition) is 0. The van der Waals surface area contributed by atoms with E-state index < -0.39 is 0 Å². The van der Waals surface area contributed by atoms with Crippen LogP contribution in [0.5, 0.6) is 5.75 Å². The van der Waals surface area contributed by atoms with Gasteiger partial charge in [-0.2, -0.15) is 0 Å². The molecule has 2 rings (SSSR count). The Bertz CT molecular complexity index is 659. The van der Waals surface area contributed by atoms with E-state index in [9.17, 15) is 4.79 Å². The lowest BCUT2D eigenvalue weighted by Gasteiger charge is -2.21. The van der Waals surface area contributed by atoms with Crippen LogP contribution >= 0.6 is 11.3 Å². The SMILES string of the molecule is CCCCN(CCCC)c1nc(-c2ccc(OCCC)cc2)c(C=O)s1. The molecule has 0 saturated heterocycles. The number of carbonyl (C=O) groups excluding carboxylic acids is 1. The molecule has 0 spiro atoms. The number of rotatable bonds is 12. The highest BCUT2D eigenvalue weighted by molar-refractivity contribution is 7.17. The van der Waals surface area contributed by atoms with Gasteiger partial charge >= 0.3 is 0 Å². The highest BCUT2D eigenvalue weighted by Gasteiger charge is 2.17. The van der Waals surface area contributed by atoms with Crippen molar-refractivity contribution in [1.82, 2.24) is 4.98 Å². The standard InChI is InChI=1S/C21H30N2O2S/c1-4-7-13-23(14-8-5-2)21-22-20(19(16-24)26-21)17-9-11-18(12-10-17)25-15-6-3/h9-12,16H,4-8,13-15H2,1-3H3. The fraction of sp³-hybridized carbons (Fsp3) is 0.524. The smallest absolute Gasteiger partial charge is 0.186 e. The van der Waals surface area contributed by atoms with Crippen molar-refractivity contribution in [1.29, 1.82) is 0 Å². The van der Waals surface area contributed by atoms with Gasteiger partial charge in [0.1, 0.15) is 5.75 Å². The van der Waals surface area contributed by atoms with E-state index in [2.05, 4.69) is 25.7 Å². The molecule has 0 bridgehead atoms. The van der Waals surface area contributed by atoms with E-state index in [4.69, 9.17) is 9.72 Å². The number of ether oxygens (including phenoxy) is 1. The average Bonchev–Trinajstić information content (AvgIpc) is 3.11.